The molecular weight excluding hydrogens is 384 g/mol. The lowest BCUT2D eigenvalue weighted by atomic mass is 10.1. The molecule has 1 atom stereocenters. The highest BCUT2D eigenvalue weighted by Crippen LogP contribution is 2.37. The fraction of sp³-hybridized carbons (Fsp3) is 0.450. The third-order valence-electron chi connectivity index (χ3n) is 5.95. The van der Waals surface area contributed by atoms with E-state index in [0.29, 0.717) is 37.1 Å². The largest absolute Gasteiger partial charge is 0.376 e. The van der Waals surface area contributed by atoms with Crippen molar-refractivity contribution in [1.82, 2.24) is 29.5 Å². The molecule has 0 spiro atoms. The highest BCUT2D eigenvalue weighted by Gasteiger charge is 2.36. The van der Waals surface area contributed by atoms with Crippen molar-refractivity contribution in [2.75, 3.05) is 37.0 Å². The number of nitrogens with two attached hydrogens (primary N) is 1. The molecule has 3 aromatic heterocycles. The van der Waals surface area contributed by atoms with Crippen LogP contribution >= 0.6 is 0 Å². The van der Waals surface area contributed by atoms with E-state index in [-0.39, 0.29) is 5.95 Å². The van der Waals surface area contributed by atoms with Gasteiger partial charge in [0.2, 0.25) is 5.95 Å². The Kier molecular flexibility index (Phi) is 3.66. The first-order chi connectivity index (χ1) is 14.5. The molecule has 6 rings (SSSR count). The molecule has 0 aromatic carbocycles. The first kappa shape index (κ1) is 17.7. The molecule has 0 saturated carbocycles. The van der Waals surface area contributed by atoms with Gasteiger partial charge in [0.15, 0.2) is 22.8 Å². The summed E-state index contributed by atoms with van der Waals surface area (Å²) in [6.45, 7) is 7.61. The Morgan fingerprint density at radius 2 is 2.00 bits per heavy atom. The Labute approximate surface area is 172 Å². The number of ether oxygens (including phenoxy) is 2. The van der Waals surface area contributed by atoms with Crippen LogP contribution in [-0.2, 0) is 21.6 Å². The zero-order valence-electron chi connectivity index (χ0n) is 16.9. The molecule has 1 fully saturated rings. The van der Waals surface area contributed by atoms with E-state index < -0.39 is 5.60 Å². The summed E-state index contributed by atoms with van der Waals surface area (Å²) in [5.41, 5.74) is 8.76. The van der Waals surface area contributed by atoms with Crippen LogP contribution in [0.3, 0.4) is 0 Å². The molecular formula is C20H22N8O2. The van der Waals surface area contributed by atoms with Crippen molar-refractivity contribution in [2.45, 2.75) is 26.0 Å². The molecule has 2 N–H and O–H groups in total. The van der Waals surface area contributed by atoms with Gasteiger partial charge in [-0.1, -0.05) is 0 Å². The number of fused-ring (bicyclic) bond motifs is 4. The second kappa shape index (κ2) is 6.19. The van der Waals surface area contributed by atoms with Crippen LogP contribution in [0, 0.1) is 5.92 Å². The van der Waals surface area contributed by atoms with Crippen LogP contribution in [0.5, 0.6) is 0 Å². The second-order valence-corrected chi connectivity index (χ2v) is 8.39. The Bertz CT molecular complexity index is 1180. The zero-order chi connectivity index (χ0) is 20.5. The summed E-state index contributed by atoms with van der Waals surface area (Å²) < 4.78 is 13.7. The van der Waals surface area contributed by atoms with E-state index in [9.17, 15) is 0 Å². The number of nitrogen functional groups attached to an aromatic ring is 1. The minimum Gasteiger partial charge on any atom is -0.376 e. The SMILES string of the molecule is CC1(C)OCCn2c1nc1c(N3C=C4COCC4C3)nc(-c3cnc(N)nc3)nc12. The molecule has 3 aliphatic heterocycles. The molecule has 3 aromatic rings. The maximum absolute atomic E-state index is 5.97. The lowest BCUT2D eigenvalue weighted by Crippen LogP contribution is -2.33. The van der Waals surface area contributed by atoms with Gasteiger partial charge in [-0.25, -0.2) is 24.9 Å². The summed E-state index contributed by atoms with van der Waals surface area (Å²) in [5, 5.41) is 0. The van der Waals surface area contributed by atoms with Crippen LogP contribution in [0.25, 0.3) is 22.6 Å². The van der Waals surface area contributed by atoms with Gasteiger partial charge in [-0.2, -0.15) is 0 Å². The Hall–Kier alpha value is -3.11. The maximum Gasteiger partial charge on any atom is 0.219 e. The van der Waals surface area contributed by atoms with E-state index in [1.165, 1.54) is 5.57 Å². The van der Waals surface area contributed by atoms with Crippen molar-refractivity contribution >= 4 is 22.9 Å². The van der Waals surface area contributed by atoms with E-state index in [0.717, 1.165) is 36.0 Å². The van der Waals surface area contributed by atoms with E-state index in [1.807, 2.05) is 13.8 Å². The number of anilines is 2. The van der Waals surface area contributed by atoms with Crippen molar-refractivity contribution in [3.05, 3.63) is 30.0 Å². The van der Waals surface area contributed by atoms with Crippen LogP contribution in [0.1, 0.15) is 19.7 Å². The van der Waals surface area contributed by atoms with E-state index >= 15 is 0 Å². The molecule has 6 heterocycles. The first-order valence-corrected chi connectivity index (χ1v) is 10.1. The number of hydrogen-bond donors (Lipinski definition) is 1. The molecule has 10 heteroatoms. The van der Waals surface area contributed by atoms with E-state index in [1.54, 1.807) is 12.4 Å². The van der Waals surface area contributed by atoms with Gasteiger partial charge in [0.05, 0.1) is 25.4 Å². The first-order valence-electron chi connectivity index (χ1n) is 10.1. The zero-order valence-corrected chi connectivity index (χ0v) is 16.9. The monoisotopic (exact) mass is 406 g/mol. The van der Waals surface area contributed by atoms with Crippen LogP contribution in [0.15, 0.2) is 24.2 Å². The third-order valence-corrected chi connectivity index (χ3v) is 5.95. The van der Waals surface area contributed by atoms with Crippen molar-refractivity contribution in [2.24, 2.45) is 5.92 Å². The third kappa shape index (κ3) is 2.60. The van der Waals surface area contributed by atoms with Crippen LogP contribution < -0.4 is 10.6 Å². The summed E-state index contributed by atoms with van der Waals surface area (Å²) in [4.78, 5) is 25.1. The Morgan fingerprint density at radius 1 is 1.17 bits per heavy atom. The van der Waals surface area contributed by atoms with Crippen LogP contribution in [0.2, 0.25) is 0 Å². The molecule has 10 nitrogen and oxygen atoms in total. The predicted molar refractivity (Wildman–Crippen MR) is 109 cm³/mol. The van der Waals surface area contributed by atoms with Gasteiger partial charge in [0.25, 0.3) is 0 Å². The van der Waals surface area contributed by atoms with Crippen molar-refractivity contribution < 1.29 is 9.47 Å². The summed E-state index contributed by atoms with van der Waals surface area (Å²) in [6, 6.07) is 0. The predicted octanol–water partition coefficient (Wildman–Crippen LogP) is 1.48. The van der Waals surface area contributed by atoms with Crippen LogP contribution in [-0.4, -0.2) is 55.9 Å². The van der Waals surface area contributed by atoms with Crippen LogP contribution in [0.4, 0.5) is 11.8 Å². The molecule has 0 bridgehead atoms. The molecule has 30 heavy (non-hydrogen) atoms. The fourth-order valence-corrected chi connectivity index (χ4v) is 4.39. The van der Waals surface area contributed by atoms with Gasteiger partial charge < -0.3 is 24.7 Å². The summed E-state index contributed by atoms with van der Waals surface area (Å²) in [7, 11) is 0. The minimum atomic E-state index is -0.492. The van der Waals surface area contributed by atoms with Crippen molar-refractivity contribution in [3.63, 3.8) is 0 Å². The Balaban J connectivity index is 1.58. The number of imidazole rings is 1. The minimum absolute atomic E-state index is 0.220. The number of rotatable bonds is 2. The van der Waals surface area contributed by atoms with Crippen molar-refractivity contribution in [1.29, 1.82) is 0 Å². The smallest absolute Gasteiger partial charge is 0.219 e. The van der Waals surface area contributed by atoms with Gasteiger partial charge >= 0.3 is 0 Å². The molecule has 0 radical (unpaired) electrons. The topological polar surface area (TPSA) is 117 Å². The number of nitrogens with zero attached hydrogens (tertiary/aromatic N) is 7. The normalized spacial score (nSPS) is 22.3. The molecule has 154 valence electrons. The average Bonchev–Trinajstić information content (AvgIpc) is 3.41. The molecule has 0 amide bonds. The molecule has 1 saturated heterocycles. The van der Waals surface area contributed by atoms with Gasteiger partial charge in [-0.15, -0.1) is 0 Å². The standard InChI is InChI=1S/C20H22N8O2/c1-20(2)18-24-14-16(27-7-12-9-29-10-13(12)8-27)25-15(11-5-22-19(21)23-6-11)26-17(14)28(18)3-4-30-20/h5-7,13H,3-4,8-10H2,1-2H3,(H2,21,22,23). The summed E-state index contributed by atoms with van der Waals surface area (Å²) in [6.07, 6.45) is 5.44. The average molecular weight is 406 g/mol. The maximum atomic E-state index is 5.97. The van der Waals surface area contributed by atoms with Gasteiger partial charge in [0, 0.05) is 37.6 Å². The summed E-state index contributed by atoms with van der Waals surface area (Å²) in [5.74, 6) is 2.82. The molecule has 0 aliphatic carbocycles. The van der Waals surface area contributed by atoms with Gasteiger partial charge in [-0.3, -0.25) is 0 Å². The van der Waals surface area contributed by atoms with Gasteiger partial charge in [0.1, 0.15) is 11.4 Å². The number of aromatic nitrogens is 6. The fourth-order valence-electron chi connectivity index (χ4n) is 4.39. The highest BCUT2D eigenvalue weighted by molar-refractivity contribution is 5.87. The molecule has 1 unspecified atom stereocenters. The van der Waals surface area contributed by atoms with E-state index in [4.69, 9.17) is 30.2 Å². The van der Waals surface area contributed by atoms with Crippen molar-refractivity contribution in [3.8, 4) is 11.4 Å². The number of hydrogen-bond acceptors (Lipinski definition) is 9. The highest BCUT2D eigenvalue weighted by atomic mass is 16.5. The van der Waals surface area contributed by atoms with E-state index in [2.05, 4.69) is 25.6 Å². The lowest BCUT2D eigenvalue weighted by molar-refractivity contribution is -0.0530. The molecule has 3 aliphatic rings. The summed E-state index contributed by atoms with van der Waals surface area (Å²) >= 11 is 0. The quantitative estimate of drug-likeness (QED) is 0.675. The lowest BCUT2D eigenvalue weighted by Gasteiger charge is -2.30. The van der Waals surface area contributed by atoms with Gasteiger partial charge in [-0.05, 0) is 19.4 Å². The second-order valence-electron chi connectivity index (χ2n) is 8.39. The Morgan fingerprint density at radius 3 is 2.80 bits per heavy atom.